The zero-order valence-electron chi connectivity index (χ0n) is 9.76. The zero-order valence-corrected chi connectivity index (χ0v) is 11.9. The number of nitrogens with zero attached hydrogens (tertiary/aromatic N) is 1. The summed E-state index contributed by atoms with van der Waals surface area (Å²) in [4.78, 5) is 26.1. The van der Waals surface area contributed by atoms with Crippen molar-refractivity contribution < 1.29 is 9.53 Å². The van der Waals surface area contributed by atoms with Crippen molar-refractivity contribution in [2.45, 2.75) is 13.5 Å². The number of fused-ring (bicyclic) bond motifs is 1. The lowest BCUT2D eigenvalue weighted by Crippen LogP contribution is -2.22. The average molecular weight is 362 g/mol. The van der Waals surface area contributed by atoms with E-state index in [0.717, 1.165) is 0 Å². The van der Waals surface area contributed by atoms with Crippen LogP contribution in [0, 0.1) is 6.92 Å². The van der Waals surface area contributed by atoms with Gasteiger partial charge in [0, 0.05) is 22.6 Å². The molecular weight excluding hydrogens is 351 g/mol. The number of halogens is 1. The Morgan fingerprint density at radius 2 is 2.22 bits per heavy atom. The number of pyridine rings is 1. The second kappa shape index (κ2) is 4.96. The molecular formula is C10H11IN4O3. The molecule has 0 spiro atoms. The number of aryl methyl sites for hydroxylation is 1. The Hall–Kier alpha value is -1.58. The summed E-state index contributed by atoms with van der Waals surface area (Å²) in [6, 6.07) is 0. The van der Waals surface area contributed by atoms with E-state index < -0.39 is 0 Å². The molecule has 0 saturated carbocycles. The maximum Gasteiger partial charge on any atom is 0.280 e. The van der Waals surface area contributed by atoms with Gasteiger partial charge in [0.2, 0.25) is 5.43 Å². The van der Waals surface area contributed by atoms with Crippen LogP contribution in [0.5, 0.6) is 5.88 Å². The number of nitrogens with one attached hydrogen (secondary N) is 3. The van der Waals surface area contributed by atoms with E-state index in [1.54, 1.807) is 29.5 Å². The minimum Gasteiger partial charge on any atom is -0.482 e. The summed E-state index contributed by atoms with van der Waals surface area (Å²) in [5.74, 6) is 0.335. The number of H-pyrrole nitrogens is 2. The molecule has 18 heavy (non-hydrogen) atoms. The van der Waals surface area contributed by atoms with Crippen LogP contribution in [0.3, 0.4) is 0 Å². The van der Waals surface area contributed by atoms with Gasteiger partial charge in [-0.3, -0.25) is 14.7 Å². The summed E-state index contributed by atoms with van der Waals surface area (Å²) < 4.78 is 4.90. The third kappa shape index (κ3) is 2.19. The van der Waals surface area contributed by atoms with Gasteiger partial charge in [-0.15, -0.1) is 0 Å². The highest BCUT2D eigenvalue weighted by atomic mass is 127. The molecule has 0 atom stereocenters. The number of hydrogen-bond donors (Lipinski definition) is 3. The normalized spacial score (nSPS) is 10.6. The number of amides is 1. The van der Waals surface area contributed by atoms with Crippen molar-refractivity contribution in [2.75, 3.05) is 7.11 Å². The van der Waals surface area contributed by atoms with Gasteiger partial charge in [0.1, 0.15) is 5.52 Å². The van der Waals surface area contributed by atoms with E-state index in [1.807, 2.05) is 0 Å². The first-order valence-electron chi connectivity index (χ1n) is 5.11. The Kier molecular flexibility index (Phi) is 3.55. The van der Waals surface area contributed by atoms with E-state index >= 15 is 0 Å². The third-order valence-corrected chi connectivity index (χ3v) is 2.95. The number of rotatable bonds is 3. The number of carbonyl (C=O) groups is 1. The predicted octanol–water partition coefficient (Wildman–Crippen LogP) is 1.21. The Morgan fingerprint density at radius 1 is 1.50 bits per heavy atom. The van der Waals surface area contributed by atoms with Crippen LogP contribution >= 0.6 is 22.6 Å². The molecule has 2 aromatic heterocycles. The number of aromatic amines is 2. The Bertz CT molecular complexity index is 661. The highest BCUT2D eigenvalue weighted by Crippen LogP contribution is 2.17. The van der Waals surface area contributed by atoms with Gasteiger partial charge in [-0.2, -0.15) is 5.10 Å². The van der Waals surface area contributed by atoms with Gasteiger partial charge in [-0.1, -0.05) is 0 Å². The summed E-state index contributed by atoms with van der Waals surface area (Å²) in [6.45, 7) is 1.88. The molecule has 0 aliphatic heterocycles. The van der Waals surface area contributed by atoms with Crippen molar-refractivity contribution in [3.8, 4) is 5.88 Å². The predicted molar refractivity (Wildman–Crippen MR) is 74.3 cm³/mol. The van der Waals surface area contributed by atoms with Crippen molar-refractivity contribution >= 4 is 37.5 Å². The van der Waals surface area contributed by atoms with Crippen LogP contribution < -0.4 is 15.5 Å². The first-order valence-corrected chi connectivity index (χ1v) is 6.19. The average Bonchev–Trinajstić information content (AvgIpc) is 2.69. The lowest BCUT2D eigenvalue weighted by molar-refractivity contribution is 0.262. The van der Waals surface area contributed by atoms with Gasteiger partial charge in [0.05, 0.1) is 30.4 Å². The Labute approximate surface area is 115 Å². The van der Waals surface area contributed by atoms with Gasteiger partial charge in [0.15, 0.2) is 5.88 Å². The standard InChI is InChI=1S/C10H11IN4O3/c1-4-6-7(15-14-4)8(16)5(3-12-10(11)17)9(13-6)18-2/h3H2,1-2H3,(H,12,17)(H,13,16)(H,14,15). The van der Waals surface area contributed by atoms with E-state index in [-0.39, 0.29) is 15.9 Å². The van der Waals surface area contributed by atoms with Crippen molar-refractivity contribution in [1.82, 2.24) is 20.5 Å². The molecule has 96 valence electrons. The lowest BCUT2D eigenvalue weighted by Gasteiger charge is -2.08. The smallest absolute Gasteiger partial charge is 0.280 e. The van der Waals surface area contributed by atoms with Crippen LogP contribution in [0.15, 0.2) is 4.79 Å². The summed E-state index contributed by atoms with van der Waals surface area (Å²) in [7, 11) is 1.46. The SMILES string of the molecule is COc1[nH]c2c(C)n[nH]c2c(=O)c1CNC(=O)I. The minimum atomic E-state index is -0.241. The maximum absolute atomic E-state index is 12.2. The van der Waals surface area contributed by atoms with Gasteiger partial charge >= 0.3 is 0 Å². The highest BCUT2D eigenvalue weighted by molar-refractivity contribution is 14.1. The quantitative estimate of drug-likeness (QED) is 0.434. The lowest BCUT2D eigenvalue weighted by atomic mass is 10.2. The number of aromatic nitrogens is 3. The molecule has 0 fully saturated rings. The van der Waals surface area contributed by atoms with Crippen molar-refractivity contribution in [1.29, 1.82) is 0 Å². The molecule has 0 aromatic carbocycles. The molecule has 0 radical (unpaired) electrons. The van der Waals surface area contributed by atoms with Gasteiger partial charge < -0.3 is 15.0 Å². The maximum atomic E-state index is 12.2. The minimum absolute atomic E-state index is 0.105. The van der Waals surface area contributed by atoms with Crippen molar-refractivity contribution in [2.24, 2.45) is 0 Å². The molecule has 8 heteroatoms. The molecule has 0 saturated heterocycles. The zero-order chi connectivity index (χ0) is 13.3. The van der Waals surface area contributed by atoms with E-state index in [1.165, 1.54) is 7.11 Å². The molecule has 0 aliphatic carbocycles. The van der Waals surface area contributed by atoms with E-state index in [2.05, 4.69) is 20.5 Å². The number of carbonyl (C=O) groups excluding carboxylic acids is 1. The van der Waals surface area contributed by atoms with Crippen LogP contribution in [0.4, 0.5) is 4.79 Å². The van der Waals surface area contributed by atoms with E-state index in [9.17, 15) is 9.59 Å². The van der Waals surface area contributed by atoms with E-state index in [0.29, 0.717) is 28.2 Å². The van der Waals surface area contributed by atoms with Crippen molar-refractivity contribution in [3.63, 3.8) is 0 Å². The highest BCUT2D eigenvalue weighted by Gasteiger charge is 2.15. The van der Waals surface area contributed by atoms with Crippen LogP contribution in [0.2, 0.25) is 0 Å². The van der Waals surface area contributed by atoms with Crippen LogP contribution in [-0.2, 0) is 6.54 Å². The molecule has 0 aliphatic rings. The van der Waals surface area contributed by atoms with Crippen molar-refractivity contribution in [3.05, 3.63) is 21.5 Å². The summed E-state index contributed by atoms with van der Waals surface area (Å²) >= 11 is 1.60. The molecule has 2 aromatic rings. The fourth-order valence-corrected chi connectivity index (χ4v) is 1.88. The van der Waals surface area contributed by atoms with E-state index in [4.69, 9.17) is 4.74 Å². The monoisotopic (exact) mass is 362 g/mol. The first kappa shape index (κ1) is 12.9. The molecule has 7 nitrogen and oxygen atoms in total. The Balaban J connectivity index is 2.60. The summed E-state index contributed by atoms with van der Waals surface area (Å²) in [6.07, 6.45) is 0. The number of hydrogen-bond acceptors (Lipinski definition) is 4. The Morgan fingerprint density at radius 3 is 2.83 bits per heavy atom. The molecule has 2 heterocycles. The van der Waals surface area contributed by atoms with Gasteiger partial charge in [-0.05, 0) is 6.92 Å². The van der Waals surface area contributed by atoms with Crippen LogP contribution in [0.1, 0.15) is 11.3 Å². The number of ether oxygens (including phenoxy) is 1. The summed E-state index contributed by atoms with van der Waals surface area (Å²) in [5.41, 5.74) is 1.81. The largest absolute Gasteiger partial charge is 0.482 e. The molecule has 3 N–H and O–H groups in total. The second-order valence-corrected chi connectivity index (χ2v) is 4.63. The molecule has 0 unspecified atom stereocenters. The van der Waals surface area contributed by atoms with Crippen LogP contribution in [-0.4, -0.2) is 26.2 Å². The molecule has 2 rings (SSSR count). The molecule has 1 amide bonds. The third-order valence-electron chi connectivity index (χ3n) is 2.57. The van der Waals surface area contributed by atoms with Gasteiger partial charge in [-0.25, -0.2) is 0 Å². The molecule has 0 bridgehead atoms. The summed E-state index contributed by atoms with van der Waals surface area (Å²) in [5, 5.41) is 9.20. The fourth-order valence-electron chi connectivity index (χ4n) is 1.69. The van der Waals surface area contributed by atoms with Gasteiger partial charge in [0.25, 0.3) is 3.91 Å². The fraction of sp³-hybridized carbons (Fsp3) is 0.300. The number of methoxy groups -OCH3 is 1. The van der Waals surface area contributed by atoms with Crippen LogP contribution in [0.25, 0.3) is 11.0 Å². The topological polar surface area (TPSA) is 99.9 Å². The first-order chi connectivity index (χ1) is 8.54. The second-order valence-electron chi connectivity index (χ2n) is 3.65.